The van der Waals surface area contributed by atoms with Crippen molar-refractivity contribution in [1.29, 1.82) is 0 Å². The van der Waals surface area contributed by atoms with Gasteiger partial charge in [-0.05, 0) is 94.3 Å². The minimum atomic E-state index is -0.334. The van der Waals surface area contributed by atoms with Gasteiger partial charge in [-0.3, -0.25) is 4.79 Å². The number of allylic oxidation sites excluding steroid dienone is 2. The van der Waals surface area contributed by atoms with Crippen LogP contribution in [0.1, 0.15) is 110 Å². The Labute approximate surface area is 381 Å². The molecule has 2 atom stereocenters. The van der Waals surface area contributed by atoms with E-state index in [-0.39, 0.29) is 25.5 Å². The first-order valence-electron chi connectivity index (χ1n) is 24.2. The Balaban J connectivity index is 0.998. The Kier molecular flexibility index (Phi) is 12.8. The maximum atomic E-state index is 14.6. The van der Waals surface area contributed by atoms with Crippen LogP contribution in [0.15, 0.2) is 120 Å². The molecule has 0 fully saturated rings. The molecule has 3 aliphatic rings. The van der Waals surface area contributed by atoms with Crippen molar-refractivity contribution in [2.75, 3.05) is 15.7 Å². The van der Waals surface area contributed by atoms with Gasteiger partial charge in [0, 0.05) is 38.6 Å². The molecule has 2 aliphatic heterocycles. The number of anilines is 3. The largest absolute Gasteiger partial charge is 0.506 e. The van der Waals surface area contributed by atoms with Gasteiger partial charge < -0.3 is 25.7 Å². The van der Waals surface area contributed by atoms with Crippen molar-refractivity contribution in [2.24, 2.45) is 28.6 Å². The molecule has 0 amide bonds. The summed E-state index contributed by atoms with van der Waals surface area (Å²) in [5.74, 6) is 2.80. The number of aliphatic hydroxyl groups is 1. The van der Waals surface area contributed by atoms with E-state index in [4.69, 9.17) is 4.90 Å². The first kappa shape index (κ1) is 43.5. The molecule has 0 saturated heterocycles. The second-order valence-corrected chi connectivity index (χ2v) is 20.0. The Morgan fingerprint density at radius 2 is 1.12 bits per heavy atom. The SMILES string of the molecule is CC(C)CCCC(C)CCc1ccc(B2N=c3c(=C4C(=O)C(c5ccc6cccc7c6c5NB(c5ccc(CCC(C)CCCC(C)C)cc5)N7)=C4O)ccc4cccc(c34)N2)cc1. The van der Waals surface area contributed by atoms with Gasteiger partial charge in [0.1, 0.15) is 5.76 Å². The van der Waals surface area contributed by atoms with E-state index in [1.165, 1.54) is 62.5 Å². The monoisotopic (exact) mass is 847 g/mol. The molecule has 0 saturated carbocycles. The molecule has 64 heavy (non-hydrogen) atoms. The van der Waals surface area contributed by atoms with Crippen LogP contribution in [0.5, 0.6) is 0 Å². The summed E-state index contributed by atoms with van der Waals surface area (Å²) < 4.78 is 0. The van der Waals surface area contributed by atoms with E-state index >= 15 is 0 Å². The van der Waals surface area contributed by atoms with E-state index in [2.05, 4.69) is 142 Å². The summed E-state index contributed by atoms with van der Waals surface area (Å²) in [7, 11) is 0. The van der Waals surface area contributed by atoms with Gasteiger partial charge in [-0.2, -0.15) is 0 Å². The molecule has 0 bridgehead atoms. The van der Waals surface area contributed by atoms with Crippen LogP contribution in [0.2, 0.25) is 0 Å². The smallest absolute Gasteiger partial charge is 0.427 e. The molecule has 0 spiro atoms. The van der Waals surface area contributed by atoms with Crippen molar-refractivity contribution in [3.8, 4) is 0 Å². The summed E-state index contributed by atoms with van der Waals surface area (Å²) in [6.07, 6.45) is 12.3. The van der Waals surface area contributed by atoms with Crippen LogP contribution >= 0.6 is 0 Å². The van der Waals surface area contributed by atoms with Crippen molar-refractivity contribution in [2.45, 2.75) is 106 Å². The normalized spacial score (nSPS) is 16.2. The quantitative estimate of drug-likeness (QED) is 0.0687. The zero-order valence-electron chi connectivity index (χ0n) is 38.7. The number of aliphatic hydroxyl groups excluding tert-OH is 1. The van der Waals surface area contributed by atoms with Gasteiger partial charge in [0.2, 0.25) is 5.78 Å². The third-order valence-corrected chi connectivity index (χ3v) is 14.1. The van der Waals surface area contributed by atoms with Gasteiger partial charge in [0.05, 0.1) is 16.5 Å². The van der Waals surface area contributed by atoms with Crippen LogP contribution in [0.3, 0.4) is 0 Å². The highest BCUT2D eigenvalue weighted by Crippen LogP contribution is 2.45. The Morgan fingerprint density at radius 1 is 0.562 bits per heavy atom. The molecule has 2 unspecified atom stereocenters. The van der Waals surface area contributed by atoms with Gasteiger partial charge in [-0.1, -0.05) is 177 Å². The minimum Gasteiger partial charge on any atom is -0.506 e. The summed E-state index contributed by atoms with van der Waals surface area (Å²) in [5, 5.41) is 28.7. The molecule has 8 heteroatoms. The van der Waals surface area contributed by atoms with Crippen LogP contribution < -0.4 is 37.2 Å². The summed E-state index contributed by atoms with van der Waals surface area (Å²) in [4.78, 5) is 19.9. The third kappa shape index (κ3) is 8.98. The van der Waals surface area contributed by atoms with E-state index in [0.29, 0.717) is 27.8 Å². The lowest BCUT2D eigenvalue weighted by Gasteiger charge is -2.31. The predicted molar refractivity (Wildman–Crippen MR) is 274 cm³/mol. The Hall–Kier alpha value is -5.75. The number of ketones is 1. The highest BCUT2D eigenvalue weighted by molar-refractivity contribution is 6.80. The first-order chi connectivity index (χ1) is 31.0. The lowest BCUT2D eigenvalue weighted by Crippen LogP contribution is -2.48. The highest BCUT2D eigenvalue weighted by atomic mass is 16.3. The number of hydrogen-bond donors (Lipinski definition) is 4. The van der Waals surface area contributed by atoms with E-state index in [1.54, 1.807) is 0 Å². The Bertz CT molecular complexity index is 2850. The fraction of sp³-hybridized carbons (Fsp3) is 0.357. The van der Waals surface area contributed by atoms with E-state index in [1.807, 2.05) is 24.3 Å². The molecule has 2 heterocycles. The van der Waals surface area contributed by atoms with Crippen molar-refractivity contribution < 1.29 is 9.90 Å². The molecule has 0 radical (unpaired) electrons. The van der Waals surface area contributed by atoms with Crippen LogP contribution in [-0.2, 0) is 17.6 Å². The standard InChI is InChI=1S/C56H64B2N4O2/c1-35(2)11-7-13-37(5)19-21-39-23-29-43(30-24-39)57-59-47-17-9-15-41-27-33-45(53(61-57)49(41)47)51-55(63)52(56(51)64)46-34-28-42-16-10-18-48-50(42)54(46)62-58(60-48)44-31-25-40(26-32-44)22-20-38(6)14-8-12-36(3)4/h9-10,15-18,23-38,59-61,63H,7-8,11-14,19-22H2,1-6H3. The first-order valence-corrected chi connectivity index (χ1v) is 24.2. The molecule has 6 nitrogen and oxygen atoms in total. The molecule has 4 N–H and O–H groups in total. The van der Waals surface area contributed by atoms with Crippen molar-refractivity contribution >= 4 is 80.4 Å². The lowest BCUT2D eigenvalue weighted by molar-refractivity contribution is -0.109. The fourth-order valence-corrected chi connectivity index (χ4v) is 10.2. The van der Waals surface area contributed by atoms with Crippen LogP contribution in [-0.4, -0.2) is 24.9 Å². The average molecular weight is 847 g/mol. The molecule has 9 rings (SSSR count). The number of carbonyl (C=O) groups is 1. The lowest BCUT2D eigenvalue weighted by atomic mass is 9.65. The second-order valence-electron chi connectivity index (χ2n) is 20.0. The third-order valence-electron chi connectivity index (χ3n) is 14.1. The van der Waals surface area contributed by atoms with Crippen LogP contribution in [0.25, 0.3) is 32.7 Å². The van der Waals surface area contributed by atoms with Gasteiger partial charge in [0.15, 0.2) is 0 Å². The van der Waals surface area contributed by atoms with Crippen molar-refractivity contribution in [3.63, 3.8) is 0 Å². The fourth-order valence-electron chi connectivity index (χ4n) is 10.2. The minimum absolute atomic E-state index is 0.0129. The number of hydrogen-bond acceptors (Lipinski definition) is 6. The molecule has 6 aromatic rings. The molecule has 326 valence electrons. The number of rotatable bonds is 17. The summed E-state index contributed by atoms with van der Waals surface area (Å²) >= 11 is 0. The topological polar surface area (TPSA) is 85.8 Å². The summed E-state index contributed by atoms with van der Waals surface area (Å²) in [5.41, 5.74) is 9.06. The molecular formula is C56H64B2N4O2. The number of Topliss-reactive ketones (excluding diaryl/α,β-unsaturated/α-hetero) is 1. The maximum Gasteiger partial charge on any atom is 0.427 e. The maximum absolute atomic E-state index is 14.6. The molecule has 0 aromatic heterocycles. The predicted octanol–water partition coefficient (Wildman–Crippen LogP) is 11.2. The number of carbonyl (C=O) groups excluding carboxylic acids is 1. The average Bonchev–Trinajstić information content (AvgIpc) is 3.29. The van der Waals surface area contributed by atoms with E-state index in [9.17, 15) is 9.90 Å². The van der Waals surface area contributed by atoms with E-state index in [0.717, 1.165) is 85.5 Å². The molecular weight excluding hydrogens is 782 g/mol. The van der Waals surface area contributed by atoms with Crippen molar-refractivity contribution in [1.82, 2.24) is 0 Å². The van der Waals surface area contributed by atoms with E-state index < -0.39 is 0 Å². The van der Waals surface area contributed by atoms with Crippen LogP contribution in [0.4, 0.5) is 17.1 Å². The number of aryl methyl sites for hydroxylation is 2. The highest BCUT2D eigenvalue weighted by Gasteiger charge is 2.39. The Morgan fingerprint density at radius 3 is 1.72 bits per heavy atom. The molecule has 1 aliphatic carbocycles. The summed E-state index contributed by atoms with van der Waals surface area (Å²) in [6, 6.07) is 38.3. The van der Waals surface area contributed by atoms with Gasteiger partial charge in [-0.15, -0.1) is 0 Å². The van der Waals surface area contributed by atoms with Gasteiger partial charge in [-0.25, -0.2) is 0 Å². The zero-order valence-corrected chi connectivity index (χ0v) is 38.7. The number of benzene rings is 6. The van der Waals surface area contributed by atoms with Gasteiger partial charge >= 0.3 is 14.0 Å². The summed E-state index contributed by atoms with van der Waals surface area (Å²) in [6.45, 7) is 13.4. The number of nitrogens with one attached hydrogen (secondary N) is 3. The molecule has 6 aromatic carbocycles. The van der Waals surface area contributed by atoms with Crippen LogP contribution in [0, 0.1) is 23.7 Å². The van der Waals surface area contributed by atoms with Crippen molar-refractivity contribution in [3.05, 3.63) is 142 Å². The van der Waals surface area contributed by atoms with Gasteiger partial charge in [0.25, 0.3) is 0 Å². The second kappa shape index (κ2) is 18.8. The zero-order chi connectivity index (χ0) is 44.5. The number of nitrogens with zero attached hydrogens (tertiary/aromatic N) is 1.